The van der Waals surface area contributed by atoms with Crippen LogP contribution in [0.4, 0.5) is 0 Å². The summed E-state index contributed by atoms with van der Waals surface area (Å²) in [5, 5.41) is 8.85. The van der Waals surface area contributed by atoms with Crippen LogP contribution in [0.2, 0.25) is 0 Å². The third kappa shape index (κ3) is 6.08. The number of benzene rings is 1. The van der Waals surface area contributed by atoms with E-state index in [2.05, 4.69) is 4.98 Å². The van der Waals surface area contributed by atoms with E-state index in [1.807, 2.05) is 47.4 Å². The van der Waals surface area contributed by atoms with Crippen LogP contribution in [0.15, 0.2) is 48.7 Å². The Bertz CT molecular complexity index is 777. The van der Waals surface area contributed by atoms with Gasteiger partial charge in [-0.1, -0.05) is 18.2 Å². The molecule has 28 heavy (non-hydrogen) atoms. The number of carbonyl (C=O) groups excluding carboxylic acids is 1. The van der Waals surface area contributed by atoms with Crippen molar-refractivity contribution in [2.75, 3.05) is 13.1 Å². The van der Waals surface area contributed by atoms with Crippen molar-refractivity contribution in [2.45, 2.75) is 38.7 Å². The summed E-state index contributed by atoms with van der Waals surface area (Å²) >= 11 is 0. The van der Waals surface area contributed by atoms with Crippen LogP contribution < -0.4 is 4.74 Å². The summed E-state index contributed by atoms with van der Waals surface area (Å²) in [5.74, 6) is 0.362. The topological polar surface area (TPSA) is 79.7 Å². The Labute approximate surface area is 165 Å². The average molecular weight is 382 g/mol. The first-order valence-electron chi connectivity index (χ1n) is 9.71. The summed E-state index contributed by atoms with van der Waals surface area (Å²) in [6.45, 7) is 1.83. The number of hydrogen-bond acceptors (Lipinski definition) is 4. The van der Waals surface area contributed by atoms with Gasteiger partial charge in [0.05, 0.1) is 12.1 Å². The fourth-order valence-corrected chi connectivity index (χ4v) is 3.49. The van der Waals surface area contributed by atoms with Gasteiger partial charge >= 0.3 is 5.97 Å². The molecule has 0 aliphatic carbocycles. The number of pyridine rings is 1. The second kappa shape index (κ2) is 9.88. The lowest BCUT2D eigenvalue weighted by Crippen LogP contribution is -2.40. The van der Waals surface area contributed by atoms with Crippen molar-refractivity contribution in [3.63, 3.8) is 0 Å². The SMILES string of the molecule is O=C(O)CCC1CCCN(C(=O)Cc2ccc(OCc3ccccn3)cc2)C1. The van der Waals surface area contributed by atoms with Crippen molar-refractivity contribution in [1.82, 2.24) is 9.88 Å². The smallest absolute Gasteiger partial charge is 0.303 e. The number of aliphatic carboxylic acids is 1. The van der Waals surface area contributed by atoms with Crippen molar-refractivity contribution >= 4 is 11.9 Å². The van der Waals surface area contributed by atoms with Gasteiger partial charge in [-0.3, -0.25) is 14.6 Å². The zero-order valence-corrected chi connectivity index (χ0v) is 15.9. The molecule has 1 atom stereocenters. The highest BCUT2D eigenvalue weighted by molar-refractivity contribution is 5.79. The molecule has 1 aromatic carbocycles. The maximum Gasteiger partial charge on any atom is 0.303 e. The Balaban J connectivity index is 1.47. The van der Waals surface area contributed by atoms with E-state index in [1.165, 1.54) is 0 Å². The van der Waals surface area contributed by atoms with Crippen LogP contribution in [0.25, 0.3) is 0 Å². The predicted molar refractivity (Wildman–Crippen MR) is 105 cm³/mol. The number of piperidine rings is 1. The van der Waals surface area contributed by atoms with Gasteiger partial charge in [0.15, 0.2) is 0 Å². The summed E-state index contributed by atoms with van der Waals surface area (Å²) in [7, 11) is 0. The average Bonchev–Trinajstić information content (AvgIpc) is 2.73. The zero-order valence-electron chi connectivity index (χ0n) is 15.9. The Morgan fingerprint density at radius 2 is 2.00 bits per heavy atom. The summed E-state index contributed by atoms with van der Waals surface area (Å²) < 4.78 is 5.72. The third-order valence-corrected chi connectivity index (χ3v) is 5.03. The van der Waals surface area contributed by atoms with E-state index in [0.717, 1.165) is 36.4 Å². The normalized spacial score (nSPS) is 16.6. The van der Waals surface area contributed by atoms with Crippen LogP contribution in [0.3, 0.4) is 0 Å². The minimum Gasteiger partial charge on any atom is -0.487 e. The summed E-state index contributed by atoms with van der Waals surface area (Å²) in [6, 6.07) is 13.3. The van der Waals surface area contributed by atoms with Crippen LogP contribution >= 0.6 is 0 Å². The van der Waals surface area contributed by atoms with E-state index in [9.17, 15) is 9.59 Å². The van der Waals surface area contributed by atoms with Crippen molar-refractivity contribution in [1.29, 1.82) is 0 Å². The zero-order chi connectivity index (χ0) is 19.8. The predicted octanol–water partition coefficient (Wildman–Crippen LogP) is 3.31. The van der Waals surface area contributed by atoms with E-state index >= 15 is 0 Å². The molecule has 1 aliphatic rings. The lowest BCUT2D eigenvalue weighted by molar-refractivity contribution is -0.137. The van der Waals surface area contributed by atoms with Gasteiger partial charge in [0, 0.05) is 25.7 Å². The summed E-state index contributed by atoms with van der Waals surface area (Å²) in [6.07, 6.45) is 4.84. The monoisotopic (exact) mass is 382 g/mol. The molecule has 1 fully saturated rings. The maximum absolute atomic E-state index is 12.6. The third-order valence-electron chi connectivity index (χ3n) is 5.03. The number of ether oxygens (including phenoxy) is 1. The van der Waals surface area contributed by atoms with Crippen LogP contribution in [-0.4, -0.2) is 40.0 Å². The van der Waals surface area contributed by atoms with Crippen molar-refractivity contribution in [3.8, 4) is 5.75 Å². The lowest BCUT2D eigenvalue weighted by atomic mass is 9.93. The van der Waals surface area contributed by atoms with Gasteiger partial charge in [0.25, 0.3) is 0 Å². The molecule has 6 nitrogen and oxygen atoms in total. The molecule has 1 aromatic heterocycles. The second-order valence-corrected chi connectivity index (χ2v) is 7.21. The van der Waals surface area contributed by atoms with Gasteiger partial charge in [-0.25, -0.2) is 0 Å². The number of likely N-dealkylation sites (tertiary alicyclic amines) is 1. The number of carboxylic acids is 1. The maximum atomic E-state index is 12.6. The highest BCUT2D eigenvalue weighted by Gasteiger charge is 2.24. The molecule has 1 aliphatic heterocycles. The minimum atomic E-state index is -0.770. The Morgan fingerprint density at radius 1 is 1.18 bits per heavy atom. The van der Waals surface area contributed by atoms with Gasteiger partial charge in [0.1, 0.15) is 12.4 Å². The number of aromatic nitrogens is 1. The molecule has 0 radical (unpaired) electrons. The minimum absolute atomic E-state index is 0.0992. The fourth-order valence-electron chi connectivity index (χ4n) is 3.49. The molecule has 1 saturated heterocycles. The highest BCUT2D eigenvalue weighted by Crippen LogP contribution is 2.22. The number of carbonyl (C=O) groups is 2. The second-order valence-electron chi connectivity index (χ2n) is 7.21. The van der Waals surface area contributed by atoms with E-state index in [4.69, 9.17) is 9.84 Å². The first-order valence-corrected chi connectivity index (χ1v) is 9.71. The highest BCUT2D eigenvalue weighted by atomic mass is 16.5. The Kier molecular flexibility index (Phi) is 7.00. The van der Waals surface area contributed by atoms with Gasteiger partial charge in [-0.05, 0) is 55.0 Å². The van der Waals surface area contributed by atoms with Crippen LogP contribution in [0.1, 0.15) is 36.9 Å². The number of hydrogen-bond donors (Lipinski definition) is 1. The van der Waals surface area contributed by atoms with Crippen molar-refractivity contribution in [3.05, 3.63) is 59.9 Å². The van der Waals surface area contributed by atoms with Gasteiger partial charge in [-0.2, -0.15) is 0 Å². The summed E-state index contributed by atoms with van der Waals surface area (Å²) in [4.78, 5) is 29.5. The first kappa shape index (κ1) is 19.9. The number of carboxylic acid groups (broad SMARTS) is 1. The van der Waals surface area contributed by atoms with Crippen LogP contribution in [-0.2, 0) is 22.6 Å². The molecule has 0 bridgehead atoms. The number of rotatable bonds is 8. The lowest BCUT2D eigenvalue weighted by Gasteiger charge is -2.32. The number of nitrogens with zero attached hydrogens (tertiary/aromatic N) is 2. The van der Waals surface area contributed by atoms with Gasteiger partial charge in [0.2, 0.25) is 5.91 Å². The van der Waals surface area contributed by atoms with E-state index < -0.39 is 5.97 Å². The van der Waals surface area contributed by atoms with Crippen molar-refractivity contribution in [2.24, 2.45) is 5.92 Å². The Morgan fingerprint density at radius 3 is 2.71 bits per heavy atom. The molecular weight excluding hydrogens is 356 g/mol. The summed E-state index contributed by atoms with van der Waals surface area (Å²) in [5.41, 5.74) is 1.81. The molecule has 0 saturated carbocycles. The quantitative estimate of drug-likeness (QED) is 0.758. The molecule has 2 heterocycles. The number of amides is 1. The molecule has 0 spiro atoms. The van der Waals surface area contributed by atoms with Crippen LogP contribution in [0.5, 0.6) is 5.75 Å². The van der Waals surface area contributed by atoms with Crippen LogP contribution in [0, 0.1) is 5.92 Å². The first-order chi connectivity index (χ1) is 13.6. The van der Waals surface area contributed by atoms with E-state index in [1.54, 1.807) is 6.20 Å². The molecule has 1 amide bonds. The van der Waals surface area contributed by atoms with Gasteiger partial charge in [-0.15, -0.1) is 0 Å². The molecule has 2 aromatic rings. The fraction of sp³-hybridized carbons (Fsp3) is 0.409. The molecule has 148 valence electrons. The molecule has 1 unspecified atom stereocenters. The standard InChI is InChI=1S/C22H26N2O4/c25-21(24-13-3-4-18(15-24)8-11-22(26)27)14-17-6-9-20(10-7-17)28-16-19-5-1-2-12-23-19/h1-2,5-7,9-10,12,18H,3-4,8,11,13-16H2,(H,26,27). The molecule has 3 rings (SSSR count). The van der Waals surface area contributed by atoms with E-state index in [-0.39, 0.29) is 18.2 Å². The molecule has 6 heteroatoms. The Hall–Kier alpha value is -2.89. The largest absolute Gasteiger partial charge is 0.487 e. The van der Waals surface area contributed by atoms with E-state index in [0.29, 0.717) is 26.0 Å². The van der Waals surface area contributed by atoms with Crippen molar-refractivity contribution < 1.29 is 19.4 Å². The van der Waals surface area contributed by atoms with Gasteiger partial charge < -0.3 is 14.7 Å². The molecule has 1 N–H and O–H groups in total. The molecular formula is C22H26N2O4.